The van der Waals surface area contributed by atoms with Crippen LogP contribution in [0.4, 0.5) is 0 Å². The summed E-state index contributed by atoms with van der Waals surface area (Å²) in [5.74, 6) is 0. The van der Waals surface area contributed by atoms with Gasteiger partial charge in [0.2, 0.25) is 0 Å². The fourth-order valence-corrected chi connectivity index (χ4v) is 1.63. The molecule has 0 unspecified atom stereocenters. The summed E-state index contributed by atoms with van der Waals surface area (Å²) in [6, 6.07) is 0. The number of hydrogen-bond donors (Lipinski definition) is 4. The molecule has 0 amide bonds. The van der Waals surface area contributed by atoms with Crippen LogP contribution < -0.4 is 0 Å². The largest absolute Gasteiger partial charge is 0.394 e. The van der Waals surface area contributed by atoms with Gasteiger partial charge < -0.3 is 29.9 Å². The van der Waals surface area contributed by atoms with Gasteiger partial charge >= 0.3 is 0 Å². The summed E-state index contributed by atoms with van der Waals surface area (Å²) in [4.78, 5) is 0. The van der Waals surface area contributed by atoms with Crippen LogP contribution in [0.2, 0.25) is 0 Å². The Morgan fingerprint density at radius 2 is 1.88 bits per heavy atom. The van der Waals surface area contributed by atoms with Crippen LogP contribution in [0.15, 0.2) is 0 Å². The van der Waals surface area contributed by atoms with Gasteiger partial charge in [0, 0.05) is 0 Å². The monoisotopic (exact) mass is 300 g/mol. The topological polar surface area (TPSA) is 99.4 Å². The number of halogens is 1. The molecule has 1 heterocycles. The molecule has 0 spiro atoms. The van der Waals surface area contributed by atoms with Crippen molar-refractivity contribution in [3.05, 3.63) is 0 Å². The van der Waals surface area contributed by atoms with Crippen LogP contribution >= 0.6 is 15.9 Å². The van der Waals surface area contributed by atoms with Crippen LogP contribution in [0.5, 0.6) is 0 Å². The van der Waals surface area contributed by atoms with Crippen molar-refractivity contribution in [1.29, 1.82) is 0 Å². The van der Waals surface area contributed by atoms with Gasteiger partial charge in [-0.05, 0) is 6.42 Å². The van der Waals surface area contributed by atoms with E-state index in [9.17, 15) is 15.3 Å². The van der Waals surface area contributed by atoms with E-state index in [0.717, 1.165) is 0 Å². The number of aliphatic hydroxyl groups is 4. The summed E-state index contributed by atoms with van der Waals surface area (Å²) < 4.78 is 10.4. The molecule has 0 bridgehead atoms. The Labute approximate surface area is 102 Å². The molecule has 0 aromatic carbocycles. The zero-order valence-electron chi connectivity index (χ0n) is 8.86. The molecule has 1 fully saturated rings. The molecular formula is C9H17BrO6. The quantitative estimate of drug-likeness (QED) is 0.494. The van der Waals surface area contributed by atoms with Crippen molar-refractivity contribution in [1.82, 2.24) is 0 Å². The fraction of sp³-hybridized carbons (Fsp3) is 1.00. The molecule has 1 aliphatic heterocycles. The minimum Gasteiger partial charge on any atom is -0.394 e. The van der Waals surface area contributed by atoms with Gasteiger partial charge in [0.05, 0.1) is 6.61 Å². The van der Waals surface area contributed by atoms with E-state index in [1.165, 1.54) is 0 Å². The number of rotatable bonds is 4. The highest BCUT2D eigenvalue weighted by molar-refractivity contribution is 9.09. The van der Waals surface area contributed by atoms with E-state index in [2.05, 4.69) is 15.9 Å². The highest BCUT2D eigenvalue weighted by Gasteiger charge is 2.44. The van der Waals surface area contributed by atoms with E-state index >= 15 is 0 Å². The second-order valence-corrected chi connectivity index (χ2v) is 4.67. The first-order valence-corrected chi connectivity index (χ1v) is 6.02. The van der Waals surface area contributed by atoms with E-state index in [0.29, 0.717) is 6.42 Å². The predicted molar refractivity (Wildman–Crippen MR) is 57.9 cm³/mol. The van der Waals surface area contributed by atoms with Gasteiger partial charge in [-0.2, -0.15) is 0 Å². The van der Waals surface area contributed by atoms with E-state index < -0.39 is 37.3 Å². The van der Waals surface area contributed by atoms with Crippen LogP contribution in [-0.2, 0) is 9.47 Å². The van der Waals surface area contributed by atoms with Crippen molar-refractivity contribution in [3.8, 4) is 0 Å². The van der Waals surface area contributed by atoms with E-state index in [1.807, 2.05) is 6.92 Å². The zero-order valence-corrected chi connectivity index (χ0v) is 10.4. The van der Waals surface area contributed by atoms with Crippen molar-refractivity contribution in [3.63, 3.8) is 0 Å². The Kier molecular flexibility index (Phi) is 5.58. The van der Waals surface area contributed by atoms with Crippen LogP contribution in [0, 0.1) is 0 Å². The van der Waals surface area contributed by atoms with Crippen molar-refractivity contribution in [2.24, 2.45) is 0 Å². The normalized spacial score (nSPS) is 42.0. The lowest BCUT2D eigenvalue weighted by molar-refractivity contribution is -0.303. The lowest BCUT2D eigenvalue weighted by Crippen LogP contribution is -2.59. The van der Waals surface area contributed by atoms with Crippen molar-refractivity contribution in [2.45, 2.75) is 49.1 Å². The van der Waals surface area contributed by atoms with Gasteiger partial charge in [0.25, 0.3) is 0 Å². The molecule has 1 rings (SSSR count). The summed E-state index contributed by atoms with van der Waals surface area (Å²) in [7, 11) is 0. The number of hydrogen-bond acceptors (Lipinski definition) is 6. The molecule has 6 nitrogen and oxygen atoms in total. The minimum atomic E-state index is -1.40. The second kappa shape index (κ2) is 6.25. The smallest absolute Gasteiger partial charge is 0.188 e. The number of ether oxygens (including phenoxy) is 2. The lowest BCUT2D eigenvalue weighted by atomic mass is 9.99. The summed E-state index contributed by atoms with van der Waals surface area (Å²) in [6.07, 6.45) is -5.44. The highest BCUT2D eigenvalue weighted by atomic mass is 79.9. The Hall–Kier alpha value is 0.240. The van der Waals surface area contributed by atoms with Crippen LogP contribution in [-0.4, -0.2) is 62.8 Å². The van der Waals surface area contributed by atoms with Crippen molar-refractivity contribution < 1.29 is 29.9 Å². The standard InChI is InChI=1S/C9H17BrO6/c1-2-5(10)16-9-8(14)7(13)6(12)4(3-11)15-9/h4-9,11-14H,2-3H2,1H3/t4-,5+,6+,7+,8-,9+/m1/s1. The molecule has 1 aliphatic rings. The molecule has 1 saturated heterocycles. The number of aliphatic hydroxyl groups excluding tert-OH is 4. The predicted octanol–water partition coefficient (Wildman–Crippen LogP) is -1.07. The maximum Gasteiger partial charge on any atom is 0.188 e. The van der Waals surface area contributed by atoms with E-state index in [4.69, 9.17) is 14.6 Å². The van der Waals surface area contributed by atoms with E-state index in [-0.39, 0.29) is 5.01 Å². The molecule has 4 N–H and O–H groups in total. The maximum absolute atomic E-state index is 9.60. The van der Waals surface area contributed by atoms with Gasteiger partial charge in [0.1, 0.15) is 29.4 Å². The zero-order chi connectivity index (χ0) is 12.3. The van der Waals surface area contributed by atoms with Gasteiger partial charge in [-0.25, -0.2) is 0 Å². The third-order valence-electron chi connectivity index (χ3n) is 2.45. The van der Waals surface area contributed by atoms with Crippen LogP contribution in [0.25, 0.3) is 0 Å². The second-order valence-electron chi connectivity index (χ2n) is 3.65. The van der Waals surface area contributed by atoms with Gasteiger partial charge in [-0.3, -0.25) is 0 Å². The SMILES string of the molecule is CC[C@@H](Br)O[C@@H]1O[C@H](CO)[C@H](O)[C@H](O)[C@H]1O. The van der Waals surface area contributed by atoms with Crippen molar-refractivity contribution >= 4 is 15.9 Å². The molecule has 0 aliphatic carbocycles. The van der Waals surface area contributed by atoms with Gasteiger partial charge in [0.15, 0.2) is 6.29 Å². The first-order valence-electron chi connectivity index (χ1n) is 5.11. The molecule has 0 saturated carbocycles. The Balaban J connectivity index is 2.63. The fourth-order valence-electron chi connectivity index (χ4n) is 1.42. The summed E-state index contributed by atoms with van der Waals surface area (Å²) in [6.45, 7) is 1.41. The van der Waals surface area contributed by atoms with Gasteiger partial charge in [-0.1, -0.05) is 22.9 Å². The van der Waals surface area contributed by atoms with E-state index in [1.54, 1.807) is 0 Å². The summed E-state index contributed by atoms with van der Waals surface area (Å²) >= 11 is 3.20. The molecular weight excluding hydrogens is 284 g/mol. The first kappa shape index (κ1) is 14.3. The molecule has 96 valence electrons. The van der Waals surface area contributed by atoms with Crippen LogP contribution in [0.1, 0.15) is 13.3 Å². The molecule has 7 heteroatoms. The Bertz CT molecular complexity index is 214. The third kappa shape index (κ3) is 3.13. The van der Waals surface area contributed by atoms with Crippen molar-refractivity contribution in [2.75, 3.05) is 6.61 Å². The Morgan fingerprint density at radius 1 is 1.25 bits per heavy atom. The third-order valence-corrected chi connectivity index (χ3v) is 3.31. The molecule has 0 aromatic rings. The maximum atomic E-state index is 9.60. The molecule has 0 aromatic heterocycles. The lowest BCUT2D eigenvalue weighted by Gasteiger charge is -2.40. The summed E-state index contributed by atoms with van der Waals surface area (Å²) in [5.41, 5.74) is 0. The average Bonchev–Trinajstić information content (AvgIpc) is 2.29. The summed E-state index contributed by atoms with van der Waals surface area (Å²) in [5, 5.41) is 37.2. The van der Waals surface area contributed by atoms with Gasteiger partial charge in [-0.15, -0.1) is 0 Å². The molecule has 6 atom stereocenters. The minimum absolute atomic E-state index is 0.325. The van der Waals surface area contributed by atoms with Crippen LogP contribution in [0.3, 0.4) is 0 Å². The molecule has 0 radical (unpaired) electrons. The first-order chi connectivity index (χ1) is 7.51. The molecule has 16 heavy (non-hydrogen) atoms. The highest BCUT2D eigenvalue weighted by Crippen LogP contribution is 2.24. The Morgan fingerprint density at radius 3 is 2.38 bits per heavy atom. The number of alkyl halides is 1. The average molecular weight is 301 g/mol.